The van der Waals surface area contributed by atoms with Gasteiger partial charge in [0.15, 0.2) is 0 Å². The van der Waals surface area contributed by atoms with Crippen molar-refractivity contribution in [3.63, 3.8) is 0 Å². The largest absolute Gasteiger partial charge is 0.466 e. The van der Waals surface area contributed by atoms with E-state index >= 15 is 0 Å². The molecule has 0 aromatic carbocycles. The summed E-state index contributed by atoms with van der Waals surface area (Å²) in [6, 6.07) is 0. The summed E-state index contributed by atoms with van der Waals surface area (Å²) in [6.45, 7) is 2.44. The number of allylic oxidation sites excluding steroid dienone is 3. The van der Waals surface area contributed by atoms with Crippen molar-refractivity contribution in [2.24, 2.45) is 11.3 Å². The average molecular weight is 465 g/mol. The number of aliphatic hydroxyl groups excluding tert-OH is 2. The highest BCUT2D eigenvalue weighted by Gasteiger charge is 2.71. The van der Waals surface area contributed by atoms with Crippen LogP contribution in [-0.4, -0.2) is 70.9 Å². The minimum absolute atomic E-state index is 0.216. The van der Waals surface area contributed by atoms with E-state index in [2.05, 4.69) is 0 Å². The SMILES string of the molecule is COC(=O)C1=CCC23CCC(C(C)(C=CC=C(C)C(=O)OCC(O)CO)OC2=O)C3(O)CC1. The van der Waals surface area contributed by atoms with Gasteiger partial charge >= 0.3 is 17.9 Å². The summed E-state index contributed by atoms with van der Waals surface area (Å²) >= 11 is 0. The van der Waals surface area contributed by atoms with Crippen LogP contribution in [-0.2, 0) is 28.6 Å². The van der Waals surface area contributed by atoms with Crippen LogP contribution >= 0.6 is 0 Å². The number of aliphatic hydroxyl groups is 3. The molecule has 5 unspecified atom stereocenters. The van der Waals surface area contributed by atoms with Crippen LogP contribution in [0.5, 0.6) is 0 Å². The van der Waals surface area contributed by atoms with Crippen molar-refractivity contribution < 1.29 is 43.9 Å². The fourth-order valence-electron chi connectivity index (χ4n) is 5.34. The van der Waals surface area contributed by atoms with E-state index in [4.69, 9.17) is 19.3 Å². The molecule has 1 saturated carbocycles. The highest BCUT2D eigenvalue weighted by atomic mass is 16.6. The van der Waals surface area contributed by atoms with Crippen LogP contribution in [0.4, 0.5) is 0 Å². The van der Waals surface area contributed by atoms with E-state index in [1.165, 1.54) is 20.1 Å². The molecule has 0 radical (unpaired) electrons. The van der Waals surface area contributed by atoms with E-state index < -0.39 is 47.2 Å². The van der Waals surface area contributed by atoms with E-state index in [9.17, 15) is 24.6 Å². The number of hydrogen-bond donors (Lipinski definition) is 3. The second-order valence-corrected chi connectivity index (χ2v) is 9.24. The lowest BCUT2D eigenvalue weighted by atomic mass is 9.62. The van der Waals surface area contributed by atoms with Crippen molar-refractivity contribution in [1.29, 1.82) is 0 Å². The normalized spacial score (nSPS) is 34.7. The fraction of sp³-hybridized carbons (Fsp3) is 0.625. The molecule has 2 aliphatic carbocycles. The van der Waals surface area contributed by atoms with Crippen molar-refractivity contribution in [1.82, 2.24) is 0 Å². The maximum atomic E-state index is 13.2. The van der Waals surface area contributed by atoms with Crippen LogP contribution in [0.15, 0.2) is 35.5 Å². The van der Waals surface area contributed by atoms with E-state index in [0.29, 0.717) is 24.8 Å². The van der Waals surface area contributed by atoms with Crippen LogP contribution in [0, 0.1) is 11.3 Å². The smallest absolute Gasteiger partial charge is 0.333 e. The maximum Gasteiger partial charge on any atom is 0.333 e. The predicted octanol–water partition coefficient (Wildman–Crippen LogP) is 1.11. The molecular weight excluding hydrogens is 432 g/mol. The maximum absolute atomic E-state index is 13.2. The Morgan fingerprint density at radius 2 is 2.09 bits per heavy atom. The average Bonchev–Trinajstić information content (AvgIpc) is 2.92. The molecule has 3 N–H and O–H groups in total. The van der Waals surface area contributed by atoms with Crippen molar-refractivity contribution in [3.05, 3.63) is 35.5 Å². The minimum atomic E-state index is -1.34. The van der Waals surface area contributed by atoms with E-state index in [-0.39, 0.29) is 30.9 Å². The molecule has 9 heteroatoms. The molecule has 0 spiro atoms. The van der Waals surface area contributed by atoms with Crippen molar-refractivity contribution in [3.8, 4) is 0 Å². The van der Waals surface area contributed by atoms with Gasteiger partial charge in [-0.3, -0.25) is 4.79 Å². The fourth-order valence-corrected chi connectivity index (χ4v) is 5.34. The van der Waals surface area contributed by atoms with Crippen LogP contribution < -0.4 is 0 Å². The monoisotopic (exact) mass is 464 g/mol. The number of rotatable bonds is 7. The molecule has 182 valence electrons. The van der Waals surface area contributed by atoms with Gasteiger partial charge < -0.3 is 29.5 Å². The number of carbonyl (C=O) groups excluding carboxylic acids is 3. The van der Waals surface area contributed by atoms with Crippen LogP contribution in [0.3, 0.4) is 0 Å². The molecule has 0 amide bonds. The molecule has 2 bridgehead atoms. The summed E-state index contributed by atoms with van der Waals surface area (Å²) in [5.41, 5.74) is -2.83. The molecule has 33 heavy (non-hydrogen) atoms. The minimum Gasteiger partial charge on any atom is -0.466 e. The zero-order chi connectivity index (χ0) is 24.4. The molecular formula is C24H32O9. The first-order valence-electron chi connectivity index (χ1n) is 11.1. The highest BCUT2D eigenvalue weighted by molar-refractivity contribution is 5.89. The van der Waals surface area contributed by atoms with Gasteiger partial charge in [0.2, 0.25) is 0 Å². The third-order valence-electron chi connectivity index (χ3n) is 7.29. The number of carbonyl (C=O) groups is 3. The Bertz CT molecular complexity index is 904. The lowest BCUT2D eigenvalue weighted by molar-refractivity contribution is -0.224. The third kappa shape index (κ3) is 4.37. The Labute approximate surface area is 192 Å². The zero-order valence-corrected chi connectivity index (χ0v) is 19.2. The first-order valence-corrected chi connectivity index (χ1v) is 11.1. The Kier molecular flexibility index (Phi) is 7.16. The second kappa shape index (κ2) is 9.40. The molecule has 1 saturated heterocycles. The summed E-state index contributed by atoms with van der Waals surface area (Å²) < 4.78 is 15.6. The molecule has 3 aliphatic rings. The summed E-state index contributed by atoms with van der Waals surface area (Å²) in [7, 11) is 1.30. The Hall–Kier alpha value is -2.49. The summed E-state index contributed by atoms with van der Waals surface area (Å²) in [4.78, 5) is 37.3. The lowest BCUT2D eigenvalue weighted by Crippen LogP contribution is -2.63. The van der Waals surface area contributed by atoms with E-state index in [1.54, 1.807) is 25.2 Å². The van der Waals surface area contributed by atoms with Crippen LogP contribution in [0.1, 0.15) is 46.0 Å². The van der Waals surface area contributed by atoms with Crippen molar-refractivity contribution in [2.75, 3.05) is 20.3 Å². The second-order valence-electron chi connectivity index (χ2n) is 9.24. The van der Waals surface area contributed by atoms with E-state index in [0.717, 1.165) is 0 Å². The Morgan fingerprint density at radius 3 is 2.76 bits per heavy atom. The van der Waals surface area contributed by atoms with Gasteiger partial charge in [0.25, 0.3) is 0 Å². The molecule has 1 heterocycles. The standard InChI is InChI=1S/C24H32O9/c1-15(19(27)32-14-17(26)13-25)5-4-9-22(2)18-8-11-23(21(29)33-22)10-6-16(20(28)31-3)7-12-24(18,23)30/h4-6,9,17-18,25-26,30H,7-8,10-14H2,1-3H3. The van der Waals surface area contributed by atoms with Gasteiger partial charge in [0.05, 0.1) is 19.3 Å². The molecule has 0 aromatic rings. The first kappa shape index (κ1) is 25.1. The lowest BCUT2D eigenvalue weighted by Gasteiger charge is -2.52. The van der Waals surface area contributed by atoms with Crippen molar-refractivity contribution >= 4 is 17.9 Å². The number of cyclic esters (lactones) is 1. The molecule has 0 aromatic heterocycles. The number of ether oxygens (including phenoxy) is 3. The van der Waals surface area contributed by atoms with Crippen LogP contribution in [0.2, 0.25) is 0 Å². The van der Waals surface area contributed by atoms with Gasteiger partial charge in [-0.25, -0.2) is 9.59 Å². The Balaban J connectivity index is 1.80. The van der Waals surface area contributed by atoms with Crippen LogP contribution in [0.25, 0.3) is 0 Å². The first-order chi connectivity index (χ1) is 15.5. The summed E-state index contributed by atoms with van der Waals surface area (Å²) in [6.07, 6.45) is 7.07. The molecule has 2 fully saturated rings. The number of methoxy groups -OCH3 is 1. The van der Waals surface area contributed by atoms with Gasteiger partial charge in [0.1, 0.15) is 23.7 Å². The topological polar surface area (TPSA) is 140 Å². The summed E-state index contributed by atoms with van der Waals surface area (Å²) in [5, 5.41) is 29.9. The third-order valence-corrected chi connectivity index (χ3v) is 7.29. The van der Waals surface area contributed by atoms with Gasteiger partial charge in [0, 0.05) is 17.1 Å². The quantitative estimate of drug-likeness (QED) is 0.219. The zero-order valence-electron chi connectivity index (χ0n) is 19.2. The highest BCUT2D eigenvalue weighted by Crippen LogP contribution is 2.63. The molecule has 1 aliphatic heterocycles. The number of esters is 3. The van der Waals surface area contributed by atoms with Gasteiger partial charge in [-0.1, -0.05) is 18.2 Å². The molecule has 5 atom stereocenters. The van der Waals surface area contributed by atoms with Gasteiger partial charge in [-0.2, -0.15) is 0 Å². The summed E-state index contributed by atoms with van der Waals surface area (Å²) in [5.74, 6) is -1.99. The predicted molar refractivity (Wildman–Crippen MR) is 116 cm³/mol. The van der Waals surface area contributed by atoms with E-state index in [1.807, 2.05) is 0 Å². The molecule has 3 rings (SSSR count). The Morgan fingerprint density at radius 1 is 1.36 bits per heavy atom. The molecule has 9 nitrogen and oxygen atoms in total. The van der Waals surface area contributed by atoms with Gasteiger partial charge in [-0.05, 0) is 52.0 Å². The number of hydrogen-bond acceptors (Lipinski definition) is 9. The van der Waals surface area contributed by atoms with Gasteiger partial charge in [-0.15, -0.1) is 0 Å². The van der Waals surface area contributed by atoms with Crippen molar-refractivity contribution in [2.45, 2.75) is 63.3 Å².